The van der Waals surface area contributed by atoms with E-state index in [1.165, 1.54) is 29.5 Å². The van der Waals surface area contributed by atoms with Gasteiger partial charge in [0.05, 0.1) is 34.4 Å². The average molecular weight is 608 g/mol. The highest BCUT2D eigenvalue weighted by Crippen LogP contribution is 2.59. The number of aryl methyl sites for hydroxylation is 1. The summed E-state index contributed by atoms with van der Waals surface area (Å²) < 4.78 is 9.87. The van der Waals surface area contributed by atoms with Crippen molar-refractivity contribution in [2.75, 3.05) is 39.8 Å². The SMILES string of the molecule is COc1c(Br)cc2c(c1Br)C13CCN(CCn4cc(C)cn4)CCC1(O)C(C2)N(CC1CC1)CC3. The van der Waals surface area contributed by atoms with E-state index in [1.54, 1.807) is 7.11 Å². The van der Waals surface area contributed by atoms with Crippen LogP contribution in [0.15, 0.2) is 27.4 Å². The van der Waals surface area contributed by atoms with Crippen molar-refractivity contribution in [2.24, 2.45) is 5.92 Å². The van der Waals surface area contributed by atoms with Gasteiger partial charge in [0.1, 0.15) is 5.75 Å². The minimum absolute atomic E-state index is 0.172. The fraction of sp³-hybridized carbons (Fsp3) is 0.667. The Morgan fingerprint density at radius 3 is 2.63 bits per heavy atom. The number of methoxy groups -OCH3 is 1. The lowest BCUT2D eigenvalue weighted by Crippen LogP contribution is -2.71. The van der Waals surface area contributed by atoms with Gasteiger partial charge in [-0.05, 0) is 119 Å². The molecular formula is C27H36Br2N4O2. The molecule has 0 spiro atoms. The highest BCUT2D eigenvalue weighted by molar-refractivity contribution is 9.11. The standard InChI is InChI=1S/C27H36Br2N4O2/c1-18-15-30-33(16-18)12-11-31-8-5-26-6-10-32(17-19-3-4-19)22(27(26,34)7-9-31)14-20-13-21(28)25(35-2)24(29)23(20)26/h13,15-16,19,22,34H,3-12,14,17H2,1-2H3. The van der Waals surface area contributed by atoms with Gasteiger partial charge in [0.2, 0.25) is 0 Å². The molecule has 2 saturated heterocycles. The maximum Gasteiger partial charge on any atom is 0.147 e. The monoisotopic (exact) mass is 606 g/mol. The Morgan fingerprint density at radius 2 is 1.91 bits per heavy atom. The summed E-state index contributed by atoms with van der Waals surface area (Å²) in [5.74, 6) is 1.66. The Hall–Kier alpha value is -0.930. The lowest BCUT2D eigenvalue weighted by atomic mass is 9.52. The molecule has 4 aliphatic rings. The molecule has 0 radical (unpaired) electrons. The molecular weight excluding hydrogens is 572 g/mol. The van der Waals surface area contributed by atoms with Gasteiger partial charge in [0.15, 0.2) is 0 Å². The van der Waals surface area contributed by atoms with Crippen molar-refractivity contribution in [1.29, 1.82) is 0 Å². The molecule has 2 aliphatic heterocycles. The molecule has 3 atom stereocenters. The molecule has 3 unspecified atom stereocenters. The molecule has 8 heteroatoms. The van der Waals surface area contributed by atoms with Crippen LogP contribution in [-0.2, 0) is 18.4 Å². The van der Waals surface area contributed by atoms with Crippen LogP contribution >= 0.6 is 31.9 Å². The number of fused-ring (bicyclic) bond motifs is 1. The molecule has 0 amide bonds. The molecule has 1 aromatic carbocycles. The first-order chi connectivity index (χ1) is 16.8. The Balaban J connectivity index is 1.37. The summed E-state index contributed by atoms with van der Waals surface area (Å²) in [7, 11) is 1.73. The van der Waals surface area contributed by atoms with Crippen LogP contribution in [0.25, 0.3) is 0 Å². The van der Waals surface area contributed by atoms with E-state index in [4.69, 9.17) is 4.74 Å². The molecule has 3 fully saturated rings. The molecule has 3 heterocycles. The van der Waals surface area contributed by atoms with Gasteiger partial charge >= 0.3 is 0 Å². The lowest BCUT2D eigenvalue weighted by molar-refractivity contribution is -0.149. The van der Waals surface area contributed by atoms with Gasteiger partial charge in [-0.2, -0.15) is 5.10 Å². The van der Waals surface area contributed by atoms with Crippen LogP contribution in [0.3, 0.4) is 0 Å². The van der Waals surface area contributed by atoms with Crippen LogP contribution in [0.5, 0.6) is 5.75 Å². The smallest absolute Gasteiger partial charge is 0.147 e. The van der Waals surface area contributed by atoms with E-state index in [-0.39, 0.29) is 11.5 Å². The summed E-state index contributed by atoms with van der Waals surface area (Å²) in [6.07, 6.45) is 10.4. The normalized spacial score (nSPS) is 31.1. The Morgan fingerprint density at radius 1 is 1.14 bits per heavy atom. The van der Waals surface area contributed by atoms with Crippen LogP contribution in [0.2, 0.25) is 0 Å². The van der Waals surface area contributed by atoms with Crippen LogP contribution < -0.4 is 4.74 Å². The van der Waals surface area contributed by atoms with Gasteiger partial charge < -0.3 is 14.7 Å². The molecule has 6 rings (SSSR count). The molecule has 2 bridgehead atoms. The van der Waals surface area contributed by atoms with Gasteiger partial charge in [-0.15, -0.1) is 0 Å². The van der Waals surface area contributed by atoms with Crippen LogP contribution in [-0.4, -0.2) is 76.2 Å². The summed E-state index contributed by atoms with van der Waals surface area (Å²) >= 11 is 7.70. The number of aromatic nitrogens is 2. The van der Waals surface area contributed by atoms with Crippen LogP contribution in [0.4, 0.5) is 0 Å². The highest BCUT2D eigenvalue weighted by Gasteiger charge is 2.64. The molecule has 6 nitrogen and oxygen atoms in total. The van der Waals surface area contributed by atoms with Crippen molar-refractivity contribution in [3.8, 4) is 5.75 Å². The van der Waals surface area contributed by atoms with E-state index < -0.39 is 5.60 Å². The third-order valence-corrected chi connectivity index (χ3v) is 10.6. The number of hydrogen-bond acceptors (Lipinski definition) is 5. The number of halogens is 2. The Labute approximate surface area is 225 Å². The van der Waals surface area contributed by atoms with Crippen molar-refractivity contribution in [2.45, 2.75) is 69.1 Å². The van der Waals surface area contributed by atoms with Crippen molar-refractivity contribution in [3.63, 3.8) is 0 Å². The van der Waals surface area contributed by atoms with Crippen molar-refractivity contribution < 1.29 is 9.84 Å². The Bertz CT molecular complexity index is 1120. The number of hydrogen-bond donors (Lipinski definition) is 1. The quantitative estimate of drug-likeness (QED) is 0.523. The fourth-order valence-corrected chi connectivity index (χ4v) is 9.17. The maximum absolute atomic E-state index is 12.8. The minimum Gasteiger partial charge on any atom is -0.494 e. The fourth-order valence-electron chi connectivity index (χ4n) is 7.26. The third kappa shape index (κ3) is 4.02. The maximum atomic E-state index is 12.8. The zero-order valence-electron chi connectivity index (χ0n) is 20.8. The predicted molar refractivity (Wildman–Crippen MR) is 144 cm³/mol. The number of rotatable bonds is 6. The second-order valence-corrected chi connectivity index (χ2v) is 12.9. The number of aliphatic hydroxyl groups is 1. The van der Waals surface area contributed by atoms with Gasteiger partial charge in [-0.25, -0.2) is 0 Å². The van der Waals surface area contributed by atoms with Crippen LogP contribution in [0.1, 0.15) is 48.8 Å². The largest absolute Gasteiger partial charge is 0.494 e. The second-order valence-electron chi connectivity index (χ2n) is 11.3. The second kappa shape index (κ2) is 9.12. The van der Waals surface area contributed by atoms with Gasteiger partial charge in [0.25, 0.3) is 0 Å². The summed E-state index contributed by atoms with van der Waals surface area (Å²) in [6.45, 7) is 8.05. The average Bonchev–Trinajstić information content (AvgIpc) is 3.57. The van der Waals surface area contributed by atoms with E-state index >= 15 is 0 Å². The Kier molecular flexibility index (Phi) is 6.36. The molecule has 1 saturated carbocycles. The van der Waals surface area contributed by atoms with Crippen molar-refractivity contribution in [3.05, 3.63) is 44.1 Å². The molecule has 1 aromatic heterocycles. The summed E-state index contributed by atoms with van der Waals surface area (Å²) in [6, 6.07) is 2.43. The molecule has 2 aliphatic carbocycles. The number of likely N-dealkylation sites (tertiary alicyclic amines) is 2. The minimum atomic E-state index is -0.745. The van der Waals surface area contributed by atoms with E-state index in [1.807, 2.05) is 10.9 Å². The zero-order valence-corrected chi connectivity index (χ0v) is 23.9. The number of ether oxygens (including phenoxy) is 1. The summed E-state index contributed by atoms with van der Waals surface area (Å²) in [4.78, 5) is 5.19. The van der Waals surface area contributed by atoms with Gasteiger partial charge in [-0.1, -0.05) is 0 Å². The first-order valence-corrected chi connectivity index (χ1v) is 14.7. The van der Waals surface area contributed by atoms with E-state index in [9.17, 15) is 5.11 Å². The topological polar surface area (TPSA) is 53.8 Å². The predicted octanol–water partition coefficient (Wildman–Crippen LogP) is 4.53. The number of nitrogens with zero attached hydrogens (tertiary/aromatic N) is 4. The first kappa shape index (κ1) is 24.4. The van der Waals surface area contributed by atoms with Crippen molar-refractivity contribution in [1.82, 2.24) is 19.6 Å². The third-order valence-electron chi connectivity index (χ3n) is 9.26. The molecule has 190 valence electrons. The van der Waals surface area contributed by atoms with E-state index in [0.717, 1.165) is 85.6 Å². The van der Waals surface area contributed by atoms with Crippen molar-refractivity contribution >= 4 is 31.9 Å². The molecule has 2 aromatic rings. The zero-order chi connectivity index (χ0) is 24.4. The van der Waals surface area contributed by atoms with Gasteiger partial charge in [-0.3, -0.25) is 9.58 Å². The lowest BCUT2D eigenvalue weighted by Gasteiger charge is -2.62. The van der Waals surface area contributed by atoms with Crippen LogP contribution in [0, 0.1) is 12.8 Å². The summed E-state index contributed by atoms with van der Waals surface area (Å²) in [5.41, 5.74) is 2.85. The highest BCUT2D eigenvalue weighted by atomic mass is 79.9. The van der Waals surface area contributed by atoms with E-state index in [0.29, 0.717) is 0 Å². The summed E-state index contributed by atoms with van der Waals surface area (Å²) in [5, 5.41) is 17.3. The van der Waals surface area contributed by atoms with E-state index in [2.05, 4.69) is 65.9 Å². The van der Waals surface area contributed by atoms with Gasteiger partial charge in [0, 0.05) is 37.3 Å². The number of piperidine rings is 1. The molecule has 1 N–H and O–H groups in total. The number of benzene rings is 1. The molecule has 35 heavy (non-hydrogen) atoms. The first-order valence-electron chi connectivity index (χ1n) is 13.1.